The van der Waals surface area contributed by atoms with Crippen LogP contribution in [0.5, 0.6) is 0 Å². The number of sulfonamides is 1. The van der Waals surface area contributed by atoms with Gasteiger partial charge in [0.25, 0.3) is 10.0 Å². The molecule has 0 spiro atoms. The van der Waals surface area contributed by atoms with E-state index in [1.165, 1.54) is 11.3 Å². The highest BCUT2D eigenvalue weighted by Gasteiger charge is 2.32. The largest absolute Gasteiger partial charge is 0.380 e. The Kier molecular flexibility index (Phi) is 4.25. The molecule has 4 nitrogen and oxygen atoms in total. The number of halogens is 1. The van der Waals surface area contributed by atoms with Gasteiger partial charge in [-0.15, -0.1) is 11.3 Å². The number of thiophene rings is 1. The van der Waals surface area contributed by atoms with Crippen LogP contribution >= 0.6 is 27.3 Å². The highest BCUT2D eigenvalue weighted by atomic mass is 79.9. The summed E-state index contributed by atoms with van der Waals surface area (Å²) < 4.78 is 33.2. The van der Waals surface area contributed by atoms with Crippen LogP contribution in [0.15, 0.2) is 20.1 Å². The number of rotatable bonds is 4. The molecular formula is C10H14BrNO3S2. The van der Waals surface area contributed by atoms with E-state index in [9.17, 15) is 8.42 Å². The number of ether oxygens (including phenoxy) is 1. The van der Waals surface area contributed by atoms with Gasteiger partial charge in [0.2, 0.25) is 0 Å². The van der Waals surface area contributed by atoms with Crippen molar-refractivity contribution < 1.29 is 13.2 Å². The minimum absolute atomic E-state index is 0.0106. The summed E-state index contributed by atoms with van der Waals surface area (Å²) in [6.07, 6.45) is 2.73. The summed E-state index contributed by atoms with van der Waals surface area (Å²) in [5.74, 6) is 0. The molecule has 0 aromatic carbocycles. The lowest BCUT2D eigenvalue weighted by Gasteiger charge is -2.19. The van der Waals surface area contributed by atoms with E-state index >= 15 is 0 Å². The standard InChI is InChI=1S/C10H14BrNO3S2/c1-15-9-4-2-3-8(9)12-17(13,14)10-7(11)5-6-16-10/h5-6,8-9,12H,2-4H2,1H3. The molecule has 0 amide bonds. The molecule has 1 aliphatic carbocycles. The fraction of sp³-hybridized carbons (Fsp3) is 0.600. The first-order chi connectivity index (χ1) is 8.04. The van der Waals surface area contributed by atoms with Crippen LogP contribution in [0.25, 0.3) is 0 Å². The van der Waals surface area contributed by atoms with E-state index in [-0.39, 0.29) is 12.1 Å². The number of nitrogens with one attached hydrogen (secondary N) is 1. The van der Waals surface area contributed by atoms with E-state index in [2.05, 4.69) is 20.7 Å². The van der Waals surface area contributed by atoms with Gasteiger partial charge in [-0.3, -0.25) is 0 Å². The molecule has 0 aliphatic heterocycles. The summed E-state index contributed by atoms with van der Waals surface area (Å²) in [6, 6.07) is 1.63. The van der Waals surface area contributed by atoms with Gasteiger partial charge >= 0.3 is 0 Å². The van der Waals surface area contributed by atoms with Crippen molar-refractivity contribution in [3.05, 3.63) is 15.9 Å². The minimum Gasteiger partial charge on any atom is -0.380 e. The Hall–Kier alpha value is 0.0500. The van der Waals surface area contributed by atoms with Crippen molar-refractivity contribution in [1.29, 1.82) is 0 Å². The summed E-state index contributed by atoms with van der Waals surface area (Å²) in [4.78, 5) is 0. The average molecular weight is 340 g/mol. The van der Waals surface area contributed by atoms with Crippen molar-refractivity contribution >= 4 is 37.3 Å². The fourth-order valence-electron chi connectivity index (χ4n) is 2.07. The zero-order valence-corrected chi connectivity index (χ0v) is 12.6. The summed E-state index contributed by atoms with van der Waals surface area (Å²) in [5, 5.41) is 1.75. The third-order valence-electron chi connectivity index (χ3n) is 2.89. The van der Waals surface area contributed by atoms with Crippen molar-refractivity contribution in [2.24, 2.45) is 0 Å². The molecule has 17 heavy (non-hydrogen) atoms. The van der Waals surface area contributed by atoms with E-state index in [0.717, 1.165) is 19.3 Å². The maximum absolute atomic E-state index is 12.1. The lowest BCUT2D eigenvalue weighted by molar-refractivity contribution is 0.0916. The van der Waals surface area contributed by atoms with Gasteiger partial charge in [0.05, 0.1) is 6.10 Å². The van der Waals surface area contributed by atoms with Gasteiger partial charge in [-0.1, -0.05) is 0 Å². The molecule has 1 aliphatic rings. The molecule has 2 rings (SSSR count). The maximum Gasteiger partial charge on any atom is 0.251 e. The van der Waals surface area contributed by atoms with Crippen LogP contribution in [0, 0.1) is 0 Å². The zero-order chi connectivity index (χ0) is 12.5. The molecule has 1 aromatic rings. The normalized spacial score (nSPS) is 25.3. The Morgan fingerprint density at radius 2 is 2.29 bits per heavy atom. The van der Waals surface area contributed by atoms with Gasteiger partial charge in [0, 0.05) is 17.6 Å². The van der Waals surface area contributed by atoms with Gasteiger partial charge < -0.3 is 4.74 Å². The van der Waals surface area contributed by atoms with E-state index in [0.29, 0.717) is 8.68 Å². The second kappa shape index (κ2) is 5.36. The Labute approximate surface area is 114 Å². The number of hydrogen-bond acceptors (Lipinski definition) is 4. The Bertz CT molecular complexity index is 485. The lowest BCUT2D eigenvalue weighted by Crippen LogP contribution is -2.40. The summed E-state index contributed by atoms with van der Waals surface area (Å²) in [6.45, 7) is 0. The zero-order valence-electron chi connectivity index (χ0n) is 9.35. The van der Waals surface area contributed by atoms with Crippen LogP contribution in [0.4, 0.5) is 0 Å². The van der Waals surface area contributed by atoms with E-state index in [1.807, 2.05) is 0 Å². The number of hydrogen-bond donors (Lipinski definition) is 1. The van der Waals surface area contributed by atoms with Crippen LogP contribution in [-0.4, -0.2) is 27.7 Å². The first-order valence-corrected chi connectivity index (χ1v) is 8.48. The SMILES string of the molecule is COC1CCCC1NS(=O)(=O)c1sccc1Br. The van der Waals surface area contributed by atoms with Gasteiger partial charge in [0.1, 0.15) is 4.21 Å². The van der Waals surface area contributed by atoms with Gasteiger partial charge in [-0.05, 0) is 46.6 Å². The maximum atomic E-state index is 12.1. The fourth-order valence-corrected chi connectivity index (χ4v) is 5.72. The Balaban J connectivity index is 2.16. The van der Waals surface area contributed by atoms with E-state index in [1.54, 1.807) is 18.6 Å². The third-order valence-corrected chi connectivity index (χ3v) is 7.05. The second-order valence-electron chi connectivity index (χ2n) is 3.99. The molecule has 0 bridgehead atoms. The summed E-state index contributed by atoms with van der Waals surface area (Å²) >= 11 is 4.45. The average Bonchev–Trinajstić information content (AvgIpc) is 2.86. The molecule has 2 unspecified atom stereocenters. The Morgan fingerprint density at radius 3 is 2.88 bits per heavy atom. The van der Waals surface area contributed by atoms with Gasteiger partial charge in [-0.25, -0.2) is 13.1 Å². The van der Waals surface area contributed by atoms with E-state index < -0.39 is 10.0 Å². The highest BCUT2D eigenvalue weighted by molar-refractivity contribution is 9.10. The summed E-state index contributed by atoms with van der Waals surface area (Å²) in [7, 11) is -1.81. The highest BCUT2D eigenvalue weighted by Crippen LogP contribution is 2.29. The minimum atomic E-state index is -3.43. The molecular weight excluding hydrogens is 326 g/mol. The first kappa shape index (κ1) is 13.5. The summed E-state index contributed by atoms with van der Waals surface area (Å²) in [5.41, 5.74) is 0. The second-order valence-corrected chi connectivity index (χ2v) is 7.67. The molecule has 2 atom stereocenters. The predicted octanol–water partition coefficient (Wildman–Crippen LogP) is 2.36. The van der Waals surface area contributed by atoms with Crippen molar-refractivity contribution in [3.8, 4) is 0 Å². The third kappa shape index (κ3) is 2.90. The lowest BCUT2D eigenvalue weighted by atomic mass is 10.2. The molecule has 1 saturated carbocycles. The smallest absolute Gasteiger partial charge is 0.251 e. The number of methoxy groups -OCH3 is 1. The topological polar surface area (TPSA) is 55.4 Å². The molecule has 0 radical (unpaired) electrons. The van der Waals surface area contributed by atoms with Crippen LogP contribution < -0.4 is 4.72 Å². The molecule has 1 heterocycles. The Morgan fingerprint density at radius 1 is 1.53 bits per heavy atom. The molecule has 1 fully saturated rings. The van der Waals surface area contributed by atoms with Crippen LogP contribution in [0.2, 0.25) is 0 Å². The van der Waals surface area contributed by atoms with E-state index in [4.69, 9.17) is 4.74 Å². The molecule has 96 valence electrons. The molecule has 7 heteroatoms. The molecule has 1 aromatic heterocycles. The first-order valence-electron chi connectivity index (χ1n) is 5.32. The van der Waals surface area contributed by atoms with Crippen LogP contribution in [0.1, 0.15) is 19.3 Å². The van der Waals surface area contributed by atoms with Crippen molar-refractivity contribution in [2.45, 2.75) is 35.6 Å². The van der Waals surface area contributed by atoms with Crippen molar-refractivity contribution in [1.82, 2.24) is 4.72 Å². The molecule has 1 N–H and O–H groups in total. The monoisotopic (exact) mass is 339 g/mol. The van der Waals surface area contributed by atoms with Crippen LogP contribution in [0.3, 0.4) is 0 Å². The predicted molar refractivity (Wildman–Crippen MR) is 70.8 cm³/mol. The van der Waals surface area contributed by atoms with Crippen molar-refractivity contribution in [2.75, 3.05) is 7.11 Å². The van der Waals surface area contributed by atoms with Crippen molar-refractivity contribution in [3.63, 3.8) is 0 Å². The molecule has 0 saturated heterocycles. The van der Waals surface area contributed by atoms with Crippen LogP contribution in [-0.2, 0) is 14.8 Å². The van der Waals surface area contributed by atoms with Gasteiger partial charge in [-0.2, -0.15) is 0 Å². The van der Waals surface area contributed by atoms with Gasteiger partial charge in [0.15, 0.2) is 0 Å². The quantitative estimate of drug-likeness (QED) is 0.915.